The second kappa shape index (κ2) is 70.1. The van der Waals surface area contributed by atoms with E-state index in [4.69, 9.17) is 37.0 Å². The summed E-state index contributed by atoms with van der Waals surface area (Å²) in [5.41, 5.74) is 0. The molecule has 0 aromatic rings. The first-order valence-corrected chi connectivity index (χ1v) is 43.1. The van der Waals surface area contributed by atoms with E-state index in [1.807, 2.05) is 0 Å². The maximum Gasteiger partial charge on any atom is 0.472 e. The van der Waals surface area contributed by atoms with Crippen LogP contribution >= 0.6 is 15.6 Å². The van der Waals surface area contributed by atoms with Gasteiger partial charge < -0.3 is 33.8 Å². The number of ether oxygens (including phenoxy) is 4. The minimum atomic E-state index is -4.96. The van der Waals surface area contributed by atoms with Gasteiger partial charge in [0.15, 0.2) is 12.2 Å². The molecule has 0 aliphatic heterocycles. The lowest BCUT2D eigenvalue weighted by molar-refractivity contribution is -0.161. The molecule has 0 radical (unpaired) electrons. The smallest absolute Gasteiger partial charge is 0.462 e. The fourth-order valence-electron chi connectivity index (χ4n) is 11.9. The second-order valence-corrected chi connectivity index (χ2v) is 31.1. The zero-order chi connectivity index (χ0) is 70.5. The summed E-state index contributed by atoms with van der Waals surface area (Å²) in [4.78, 5) is 72.9. The lowest BCUT2D eigenvalue weighted by atomic mass is 10.0. The molecule has 0 aromatic carbocycles. The maximum atomic E-state index is 13.1. The van der Waals surface area contributed by atoms with E-state index < -0.39 is 97.5 Å². The van der Waals surface area contributed by atoms with Crippen LogP contribution in [-0.4, -0.2) is 96.7 Å². The molecule has 3 N–H and O–H groups in total. The van der Waals surface area contributed by atoms with Crippen molar-refractivity contribution in [3.63, 3.8) is 0 Å². The van der Waals surface area contributed by atoms with Crippen LogP contribution in [0.25, 0.3) is 0 Å². The average molecular weight is 1410 g/mol. The SMILES string of the molecule is CCCCCCCCCCCCCCCCCCC(=O)O[C@H](COC(=O)CCCCCCCCCCCCCCCC)COP(=O)(O)OC[C@@H](O)COP(=O)(O)OC[C@@H](COC(=O)CCCCCCCCCCCCCCC)OC(=O)CCCCCCCCCCCCC(C)C. The monoisotopic (exact) mass is 1410 g/mol. The van der Waals surface area contributed by atoms with Gasteiger partial charge in [-0.15, -0.1) is 0 Å². The minimum absolute atomic E-state index is 0.107. The number of phosphoric acid groups is 2. The molecule has 570 valence electrons. The first-order valence-electron chi connectivity index (χ1n) is 40.1. The highest BCUT2D eigenvalue weighted by molar-refractivity contribution is 7.47. The zero-order valence-corrected chi connectivity index (χ0v) is 64.3. The highest BCUT2D eigenvalue weighted by atomic mass is 31.2. The predicted octanol–water partition coefficient (Wildman–Crippen LogP) is 22.9. The molecule has 0 saturated heterocycles. The van der Waals surface area contributed by atoms with E-state index in [9.17, 15) is 43.2 Å². The van der Waals surface area contributed by atoms with Crippen LogP contribution in [0.15, 0.2) is 0 Å². The van der Waals surface area contributed by atoms with Crippen molar-refractivity contribution in [3.8, 4) is 0 Å². The molecule has 96 heavy (non-hydrogen) atoms. The van der Waals surface area contributed by atoms with Gasteiger partial charge in [-0.1, -0.05) is 356 Å². The largest absolute Gasteiger partial charge is 0.472 e. The van der Waals surface area contributed by atoms with Gasteiger partial charge >= 0.3 is 39.5 Å². The van der Waals surface area contributed by atoms with Crippen molar-refractivity contribution in [2.24, 2.45) is 5.92 Å². The highest BCUT2D eigenvalue weighted by Gasteiger charge is 2.30. The number of hydrogen-bond acceptors (Lipinski definition) is 15. The molecule has 0 rings (SSSR count). The number of unbranched alkanes of at least 4 members (excludes halogenated alkanes) is 49. The molecule has 0 aliphatic carbocycles. The van der Waals surface area contributed by atoms with E-state index in [0.717, 1.165) is 95.8 Å². The standard InChI is InChI=1S/C77H150O17P2/c1-6-9-12-15-18-21-24-27-29-30-33-36-42-47-52-57-62-76(81)93-72(66-88-75(80)61-56-51-46-41-35-32-28-25-22-19-16-13-10-7-2)68-91-95(83,84)89-64-71(78)65-90-96(85,86)92-69-73(94-77(82)63-58-53-48-43-38-37-39-44-49-54-59-70(4)5)67-87-74(79)60-55-50-45-40-34-31-26-23-20-17-14-11-8-3/h70-73,78H,6-69H2,1-5H3,(H,83,84)(H,85,86)/t71-,72-,73-/m1/s1. The van der Waals surface area contributed by atoms with Crippen LogP contribution in [0.5, 0.6) is 0 Å². The van der Waals surface area contributed by atoms with Gasteiger partial charge in [0.2, 0.25) is 0 Å². The molecule has 0 aromatic heterocycles. The number of carbonyl (C=O) groups is 4. The molecular formula is C77H150O17P2. The minimum Gasteiger partial charge on any atom is -0.462 e. The molecular weight excluding hydrogens is 1260 g/mol. The lowest BCUT2D eigenvalue weighted by Gasteiger charge is -2.21. The molecule has 5 atom stereocenters. The van der Waals surface area contributed by atoms with Gasteiger partial charge in [-0.05, 0) is 31.6 Å². The van der Waals surface area contributed by atoms with Gasteiger partial charge in [0, 0.05) is 25.7 Å². The number of aliphatic hydroxyl groups excluding tert-OH is 1. The summed E-state index contributed by atoms with van der Waals surface area (Å²) >= 11 is 0. The van der Waals surface area contributed by atoms with Crippen LogP contribution in [0.4, 0.5) is 0 Å². The summed E-state index contributed by atoms with van der Waals surface area (Å²) in [5, 5.41) is 10.6. The fourth-order valence-corrected chi connectivity index (χ4v) is 13.5. The third-order valence-corrected chi connectivity index (χ3v) is 19.9. The Balaban J connectivity index is 5.26. The number of esters is 4. The molecule has 17 nitrogen and oxygen atoms in total. The molecule has 19 heteroatoms. The summed E-state index contributed by atoms with van der Waals surface area (Å²) in [6.07, 6.45) is 59.4. The predicted molar refractivity (Wildman–Crippen MR) is 391 cm³/mol. The van der Waals surface area contributed by atoms with Crippen molar-refractivity contribution in [2.75, 3.05) is 39.6 Å². The number of phosphoric ester groups is 2. The number of carbonyl (C=O) groups excluding carboxylic acids is 4. The van der Waals surface area contributed by atoms with E-state index in [2.05, 4.69) is 34.6 Å². The Morgan fingerprint density at radius 3 is 0.708 bits per heavy atom. The second-order valence-electron chi connectivity index (χ2n) is 28.2. The molecule has 0 bridgehead atoms. The Morgan fingerprint density at radius 1 is 0.281 bits per heavy atom. The van der Waals surface area contributed by atoms with Crippen molar-refractivity contribution in [2.45, 2.75) is 425 Å². The normalized spacial score (nSPS) is 13.9. The molecule has 0 saturated carbocycles. The summed E-state index contributed by atoms with van der Waals surface area (Å²) in [6, 6.07) is 0. The van der Waals surface area contributed by atoms with Crippen LogP contribution < -0.4 is 0 Å². The van der Waals surface area contributed by atoms with E-state index in [0.29, 0.717) is 25.7 Å². The van der Waals surface area contributed by atoms with Gasteiger partial charge in [0.05, 0.1) is 26.4 Å². The summed E-state index contributed by atoms with van der Waals surface area (Å²) < 4.78 is 68.6. The molecule has 0 spiro atoms. The van der Waals surface area contributed by atoms with E-state index in [1.54, 1.807) is 0 Å². The van der Waals surface area contributed by atoms with Crippen LogP contribution in [0.3, 0.4) is 0 Å². The first-order chi connectivity index (χ1) is 46.5. The third kappa shape index (κ3) is 70.5. The fraction of sp³-hybridized carbons (Fsp3) is 0.948. The molecule has 0 fully saturated rings. The van der Waals surface area contributed by atoms with Crippen LogP contribution in [0, 0.1) is 5.92 Å². The Bertz CT molecular complexity index is 1840. The Hall–Kier alpha value is -1.94. The Kier molecular flexibility index (Phi) is 68.7. The summed E-state index contributed by atoms with van der Waals surface area (Å²) in [5.74, 6) is -1.36. The van der Waals surface area contributed by atoms with Gasteiger partial charge in [0.25, 0.3) is 0 Å². The van der Waals surface area contributed by atoms with E-state index in [1.165, 1.54) is 231 Å². The van der Waals surface area contributed by atoms with Crippen LogP contribution in [0.2, 0.25) is 0 Å². The molecule has 0 aliphatic rings. The van der Waals surface area contributed by atoms with Crippen molar-refractivity contribution in [3.05, 3.63) is 0 Å². The van der Waals surface area contributed by atoms with Crippen LogP contribution in [-0.2, 0) is 65.4 Å². The number of rotatable bonds is 77. The van der Waals surface area contributed by atoms with Gasteiger partial charge in [0.1, 0.15) is 19.3 Å². The quantitative estimate of drug-likeness (QED) is 0.0222. The van der Waals surface area contributed by atoms with Crippen molar-refractivity contribution < 1.29 is 80.2 Å². The van der Waals surface area contributed by atoms with Gasteiger partial charge in [-0.3, -0.25) is 37.3 Å². The van der Waals surface area contributed by atoms with Gasteiger partial charge in [-0.2, -0.15) is 0 Å². The first kappa shape index (κ1) is 94.1. The summed E-state index contributed by atoms with van der Waals surface area (Å²) in [7, 11) is -9.91. The summed E-state index contributed by atoms with van der Waals surface area (Å²) in [6.45, 7) is 7.30. The lowest BCUT2D eigenvalue weighted by Crippen LogP contribution is -2.30. The average Bonchev–Trinajstić information content (AvgIpc) is 1.71. The van der Waals surface area contributed by atoms with Gasteiger partial charge in [-0.25, -0.2) is 9.13 Å². The molecule has 0 amide bonds. The van der Waals surface area contributed by atoms with Crippen molar-refractivity contribution in [1.82, 2.24) is 0 Å². The highest BCUT2D eigenvalue weighted by Crippen LogP contribution is 2.45. The van der Waals surface area contributed by atoms with Crippen molar-refractivity contribution >= 4 is 39.5 Å². The molecule has 0 heterocycles. The third-order valence-electron chi connectivity index (χ3n) is 18.0. The Labute approximate surface area is 588 Å². The Morgan fingerprint density at radius 2 is 0.479 bits per heavy atom. The van der Waals surface area contributed by atoms with E-state index in [-0.39, 0.29) is 25.7 Å². The zero-order valence-electron chi connectivity index (χ0n) is 62.5. The van der Waals surface area contributed by atoms with Crippen LogP contribution in [0.1, 0.15) is 407 Å². The molecule has 2 unspecified atom stereocenters. The maximum absolute atomic E-state index is 13.1. The number of aliphatic hydroxyl groups is 1. The topological polar surface area (TPSA) is 237 Å². The van der Waals surface area contributed by atoms with E-state index >= 15 is 0 Å². The number of hydrogen-bond donors (Lipinski definition) is 3. The van der Waals surface area contributed by atoms with Crippen molar-refractivity contribution in [1.29, 1.82) is 0 Å².